The van der Waals surface area contributed by atoms with Gasteiger partial charge in [-0.2, -0.15) is 0 Å². The fourth-order valence-electron chi connectivity index (χ4n) is 1.10. The van der Waals surface area contributed by atoms with Gasteiger partial charge in [-0.05, 0) is 18.3 Å². The average molecular weight is 218 g/mol. The molecule has 0 aromatic heterocycles. The van der Waals surface area contributed by atoms with Gasteiger partial charge < -0.3 is 21.3 Å². The average Bonchev–Trinajstić information content (AvgIpc) is 2.68. The van der Waals surface area contributed by atoms with Crippen LogP contribution in [0.25, 0.3) is 0 Å². The van der Waals surface area contributed by atoms with Crippen LogP contribution < -0.4 is 11.5 Å². The van der Waals surface area contributed by atoms with E-state index in [1.54, 1.807) is 0 Å². The van der Waals surface area contributed by atoms with Crippen molar-refractivity contribution in [2.75, 3.05) is 19.8 Å². The first kappa shape index (κ1) is 14.8. The van der Waals surface area contributed by atoms with Crippen molar-refractivity contribution in [3.05, 3.63) is 0 Å². The Morgan fingerprint density at radius 2 is 2.07 bits per heavy atom. The highest BCUT2D eigenvalue weighted by atomic mass is 16.5. The van der Waals surface area contributed by atoms with Crippen molar-refractivity contribution in [1.82, 2.24) is 0 Å². The fraction of sp³-hybridized carbons (Fsp3) is 1.00. The predicted molar refractivity (Wildman–Crippen MR) is 62.5 cm³/mol. The SMILES string of the molecule is CC(C)(C)[C@H](N)CO.NC[C@H]1CCCO1. The molecule has 1 fully saturated rings. The van der Waals surface area contributed by atoms with Crippen LogP contribution in [-0.2, 0) is 4.74 Å². The van der Waals surface area contributed by atoms with Gasteiger partial charge in [-0.25, -0.2) is 0 Å². The number of ether oxygens (including phenoxy) is 1. The van der Waals surface area contributed by atoms with E-state index in [1.807, 2.05) is 20.8 Å². The first-order chi connectivity index (χ1) is 6.91. The van der Waals surface area contributed by atoms with Crippen LogP contribution in [0.5, 0.6) is 0 Å². The molecule has 0 aromatic rings. The minimum absolute atomic E-state index is 0.0365. The van der Waals surface area contributed by atoms with Crippen molar-refractivity contribution in [3.8, 4) is 0 Å². The number of nitrogens with two attached hydrogens (primary N) is 2. The molecule has 1 rings (SSSR count). The Labute approximate surface area is 93.0 Å². The minimum Gasteiger partial charge on any atom is -0.395 e. The smallest absolute Gasteiger partial charge is 0.0698 e. The van der Waals surface area contributed by atoms with E-state index in [-0.39, 0.29) is 18.1 Å². The molecule has 0 aromatic carbocycles. The zero-order valence-electron chi connectivity index (χ0n) is 10.2. The van der Waals surface area contributed by atoms with Crippen molar-refractivity contribution in [3.63, 3.8) is 0 Å². The Hall–Kier alpha value is -0.160. The lowest BCUT2D eigenvalue weighted by molar-refractivity contribution is 0.117. The monoisotopic (exact) mass is 218 g/mol. The van der Waals surface area contributed by atoms with Crippen LogP contribution in [0.3, 0.4) is 0 Å². The lowest BCUT2D eigenvalue weighted by Crippen LogP contribution is -2.37. The summed E-state index contributed by atoms with van der Waals surface area (Å²) in [6.45, 7) is 7.71. The second-order valence-electron chi connectivity index (χ2n) is 5.03. The Morgan fingerprint density at radius 1 is 1.47 bits per heavy atom. The van der Waals surface area contributed by atoms with Crippen molar-refractivity contribution in [1.29, 1.82) is 0 Å². The standard InChI is InChI=1S/C6H15NO.C5H11NO/c1-6(2,3)5(7)4-8;6-4-5-2-1-3-7-5/h5,8H,4,7H2,1-3H3;5H,1-4,6H2/t2*5-/m11/s1. The molecule has 4 heteroatoms. The molecule has 5 N–H and O–H groups in total. The summed E-state index contributed by atoms with van der Waals surface area (Å²) in [4.78, 5) is 0. The predicted octanol–water partition coefficient (Wildman–Crippen LogP) is 0.476. The quantitative estimate of drug-likeness (QED) is 0.629. The van der Waals surface area contributed by atoms with Gasteiger partial charge in [0.05, 0.1) is 12.7 Å². The van der Waals surface area contributed by atoms with E-state index in [1.165, 1.54) is 6.42 Å². The molecule has 0 amide bonds. The second kappa shape index (κ2) is 7.17. The lowest BCUT2D eigenvalue weighted by atomic mass is 9.88. The van der Waals surface area contributed by atoms with Crippen LogP contribution in [-0.4, -0.2) is 37.0 Å². The summed E-state index contributed by atoms with van der Waals surface area (Å²) in [5, 5.41) is 8.55. The molecular weight excluding hydrogens is 192 g/mol. The Bertz CT molecular complexity index is 151. The molecule has 2 atom stereocenters. The Kier molecular flexibility index (Phi) is 7.09. The summed E-state index contributed by atoms with van der Waals surface area (Å²) >= 11 is 0. The van der Waals surface area contributed by atoms with E-state index in [4.69, 9.17) is 21.3 Å². The fourth-order valence-corrected chi connectivity index (χ4v) is 1.10. The van der Waals surface area contributed by atoms with Crippen LogP contribution in [0.15, 0.2) is 0 Å². The number of aliphatic hydroxyl groups excluding tert-OH is 1. The van der Waals surface area contributed by atoms with Gasteiger partial charge in [0.2, 0.25) is 0 Å². The third-order valence-corrected chi connectivity index (χ3v) is 2.60. The Morgan fingerprint density at radius 3 is 2.20 bits per heavy atom. The van der Waals surface area contributed by atoms with E-state index >= 15 is 0 Å². The Balaban J connectivity index is 0.000000262. The maximum atomic E-state index is 8.55. The van der Waals surface area contributed by atoms with Crippen LogP contribution in [0, 0.1) is 5.41 Å². The van der Waals surface area contributed by atoms with Crippen LogP contribution in [0.2, 0.25) is 0 Å². The molecule has 0 unspecified atom stereocenters. The highest BCUT2D eigenvalue weighted by Gasteiger charge is 2.18. The van der Waals surface area contributed by atoms with E-state index in [0.717, 1.165) is 13.0 Å². The number of hydrogen-bond acceptors (Lipinski definition) is 4. The normalized spacial score (nSPS) is 23.2. The first-order valence-electron chi connectivity index (χ1n) is 5.60. The van der Waals surface area contributed by atoms with Gasteiger partial charge in [-0.15, -0.1) is 0 Å². The molecule has 1 heterocycles. The molecule has 15 heavy (non-hydrogen) atoms. The summed E-state index contributed by atoms with van der Waals surface area (Å²) in [6, 6.07) is -0.0949. The molecule has 0 aliphatic carbocycles. The highest BCUT2D eigenvalue weighted by Crippen LogP contribution is 2.15. The second-order valence-corrected chi connectivity index (χ2v) is 5.03. The molecule has 1 aliphatic heterocycles. The van der Waals surface area contributed by atoms with Gasteiger partial charge in [0.15, 0.2) is 0 Å². The molecule has 4 nitrogen and oxygen atoms in total. The van der Waals surface area contributed by atoms with Crippen molar-refractivity contribution < 1.29 is 9.84 Å². The zero-order valence-corrected chi connectivity index (χ0v) is 10.2. The molecular formula is C11H26N2O2. The summed E-state index contributed by atoms with van der Waals surface area (Å²) in [7, 11) is 0. The maximum absolute atomic E-state index is 8.55. The number of rotatable bonds is 2. The topological polar surface area (TPSA) is 81.5 Å². The molecule has 0 radical (unpaired) electrons. The highest BCUT2D eigenvalue weighted by molar-refractivity contribution is 4.75. The van der Waals surface area contributed by atoms with Gasteiger partial charge >= 0.3 is 0 Å². The molecule has 1 saturated heterocycles. The molecule has 1 aliphatic rings. The maximum Gasteiger partial charge on any atom is 0.0698 e. The van der Waals surface area contributed by atoms with Gasteiger partial charge in [-0.1, -0.05) is 20.8 Å². The molecule has 0 saturated carbocycles. The minimum atomic E-state index is -0.0949. The van der Waals surface area contributed by atoms with E-state index in [0.29, 0.717) is 12.6 Å². The number of hydrogen-bond donors (Lipinski definition) is 3. The van der Waals surface area contributed by atoms with E-state index in [9.17, 15) is 0 Å². The molecule has 92 valence electrons. The van der Waals surface area contributed by atoms with Gasteiger partial charge in [-0.3, -0.25) is 0 Å². The van der Waals surface area contributed by atoms with Crippen LogP contribution >= 0.6 is 0 Å². The zero-order chi connectivity index (χ0) is 11.9. The van der Waals surface area contributed by atoms with Crippen molar-refractivity contribution in [2.24, 2.45) is 16.9 Å². The van der Waals surface area contributed by atoms with Crippen molar-refractivity contribution >= 4 is 0 Å². The van der Waals surface area contributed by atoms with Crippen LogP contribution in [0.1, 0.15) is 33.6 Å². The molecule has 0 bridgehead atoms. The van der Waals surface area contributed by atoms with E-state index < -0.39 is 0 Å². The third-order valence-electron chi connectivity index (χ3n) is 2.60. The van der Waals surface area contributed by atoms with Crippen molar-refractivity contribution in [2.45, 2.75) is 45.8 Å². The largest absolute Gasteiger partial charge is 0.395 e. The van der Waals surface area contributed by atoms with Crippen LogP contribution in [0.4, 0.5) is 0 Å². The summed E-state index contributed by atoms with van der Waals surface area (Å²) in [6.07, 6.45) is 2.73. The summed E-state index contributed by atoms with van der Waals surface area (Å²) in [5.41, 5.74) is 10.8. The lowest BCUT2D eigenvalue weighted by Gasteiger charge is -2.24. The number of aliphatic hydroxyl groups is 1. The first-order valence-corrected chi connectivity index (χ1v) is 5.60. The van der Waals surface area contributed by atoms with E-state index in [2.05, 4.69) is 0 Å². The van der Waals surface area contributed by atoms with Gasteiger partial charge in [0.1, 0.15) is 0 Å². The third kappa shape index (κ3) is 6.84. The van der Waals surface area contributed by atoms with Gasteiger partial charge in [0.25, 0.3) is 0 Å². The summed E-state index contributed by atoms with van der Waals surface area (Å²) in [5.74, 6) is 0. The summed E-state index contributed by atoms with van der Waals surface area (Å²) < 4.78 is 5.18. The molecule has 0 spiro atoms. The van der Waals surface area contributed by atoms with Gasteiger partial charge in [0, 0.05) is 19.2 Å².